The number of fused-ring (bicyclic) bond motifs is 15. The van der Waals surface area contributed by atoms with Gasteiger partial charge in [0.1, 0.15) is 6.23 Å². The highest BCUT2D eigenvalue weighted by Gasteiger charge is 2.78. The zero-order chi connectivity index (χ0) is 56.3. The number of aliphatic hydroxyl groups excluding tert-OH is 5. The van der Waals surface area contributed by atoms with Gasteiger partial charge in [-0.25, -0.2) is 4.98 Å². The summed E-state index contributed by atoms with van der Waals surface area (Å²) in [4.78, 5) is 25.7. The van der Waals surface area contributed by atoms with Gasteiger partial charge in [-0.1, -0.05) is 110 Å². The van der Waals surface area contributed by atoms with Crippen LogP contribution in [0, 0.1) is 86.8 Å². The van der Waals surface area contributed by atoms with Gasteiger partial charge in [-0.05, 0) is 180 Å². The lowest BCUT2D eigenvalue weighted by atomic mass is 9.39. The van der Waals surface area contributed by atoms with E-state index < -0.39 is 63.5 Å². The Balaban J connectivity index is 1.10. The molecule has 80 heavy (non-hydrogen) atoms. The Labute approximate surface area is 485 Å². The fraction of sp³-hybridized carbons (Fsp3) is 0.831. The van der Waals surface area contributed by atoms with Gasteiger partial charge in [0.15, 0.2) is 11.7 Å². The lowest BCUT2D eigenvalue weighted by molar-refractivity contribution is -0.202. The van der Waals surface area contributed by atoms with Gasteiger partial charge in [0.05, 0.1) is 36.8 Å². The number of aromatic nitrogens is 2. The van der Waals surface area contributed by atoms with Crippen molar-refractivity contribution < 1.29 is 35.4 Å². The van der Waals surface area contributed by atoms with Gasteiger partial charge < -0.3 is 51.6 Å². The van der Waals surface area contributed by atoms with E-state index in [4.69, 9.17) is 10.7 Å². The third-order valence-corrected chi connectivity index (χ3v) is 28.1. The van der Waals surface area contributed by atoms with Crippen LogP contribution in [0.4, 0.5) is 0 Å². The number of nitrogens with two attached hydrogens (primary N) is 1. The molecular weight excluding hydrogens is 1040 g/mol. The van der Waals surface area contributed by atoms with E-state index in [0.717, 1.165) is 82.8 Å². The molecule has 0 radical (unpaired) electrons. The minimum Gasteiger partial charge on any atom is -0.396 e. The SMILES string of the molecule is CNC[C@@H]1[C@@H](O)[C@@H](O)C[C@]2(CCCC(C)C)[C@@H]3C(=CC(=O)[C@H]12)[C@]1(O)[C@@H]2C[C@H]([C@@H]4C[C@@H]5CCCC6=C5[C@H](C(=C5CCCC7(CCCC7)[C@H]65)C(C)(C)C[C@H](n5ccnc5)CSSC25CCCC5)[C@H]4O)[C@@]1(CO)C[C@@H]3CN=C(N)N[C@@H](C)O. The zero-order valence-electron chi connectivity index (χ0n) is 49.3. The van der Waals surface area contributed by atoms with Crippen LogP contribution in [0.1, 0.15) is 182 Å². The molecule has 10 aliphatic carbocycles. The minimum atomic E-state index is -1.67. The molecule has 8 fully saturated rings. The molecule has 4 bridgehead atoms. The molecule has 1 aromatic rings. The number of carbonyl (C=O) groups is 1. The summed E-state index contributed by atoms with van der Waals surface area (Å²) in [5.74, 6) is -1.10. The highest BCUT2D eigenvalue weighted by atomic mass is 33.1. The molecule has 0 amide bonds. The molecule has 11 aliphatic rings. The second-order valence-corrected chi connectivity index (χ2v) is 32.3. The summed E-state index contributed by atoms with van der Waals surface area (Å²) in [6.45, 7) is 11.3. The molecule has 0 aromatic carbocycles. The summed E-state index contributed by atoms with van der Waals surface area (Å²) in [7, 11) is 5.77. The van der Waals surface area contributed by atoms with E-state index in [1.165, 1.54) is 44.1 Å². The summed E-state index contributed by atoms with van der Waals surface area (Å²) < 4.78 is 1.93. The topological polar surface area (TPSA) is 219 Å². The summed E-state index contributed by atoms with van der Waals surface area (Å²) in [6.07, 6.45) is 25.2. The Hall–Kier alpha value is -2.21. The quantitative estimate of drug-likeness (QED) is 0.0332. The van der Waals surface area contributed by atoms with Crippen LogP contribution < -0.4 is 16.4 Å². The van der Waals surface area contributed by atoms with E-state index in [1.54, 1.807) is 23.6 Å². The standard InChI is InChI=1S/C65H100N6O7S2/c1-37(2)14-12-21-62-31-49(75)57(76)45(33-67-6)55(62)48(74)27-47-53(62)40(32-69-59(66)70-38(3)73)29-63(35-72)46-28-50(65(47,63)78)64(22-9-10-23-64)80-79-34-41(71-25-24-68-36-71)30-60(4,5)56-43-17-13-20-61(18-7-8-19-61)54(43)42-16-11-15-39-26-44(46)58(77)52(56)51(39)42/h24-25,27,36-41,44-46,49-50,52-55,57-58,67,72-73,75-78H,7-23,26,28-35H2,1-6H3,(H3,66,69,70)/t38-,39+,40-,41+,44+,45+,46-,49+,50-,52-,53+,54-,55+,57-,58+,62-,63+,65+/m1/s1. The largest absolute Gasteiger partial charge is 0.396 e. The Kier molecular flexibility index (Phi) is 16.0. The molecule has 13 nitrogen and oxygen atoms in total. The van der Waals surface area contributed by atoms with Crippen molar-refractivity contribution in [1.29, 1.82) is 0 Å². The molecule has 7 saturated carbocycles. The van der Waals surface area contributed by atoms with Crippen LogP contribution in [0.2, 0.25) is 0 Å². The van der Waals surface area contributed by atoms with Crippen molar-refractivity contribution in [2.75, 3.05) is 32.5 Å². The Morgan fingerprint density at radius 3 is 2.39 bits per heavy atom. The van der Waals surface area contributed by atoms with Gasteiger partial charge in [0, 0.05) is 77.0 Å². The molecule has 444 valence electrons. The first-order chi connectivity index (χ1) is 38.3. The fourth-order valence-electron chi connectivity index (χ4n) is 22.3. The molecule has 10 N–H and O–H groups in total. The van der Waals surface area contributed by atoms with Crippen molar-refractivity contribution in [2.45, 2.75) is 217 Å². The van der Waals surface area contributed by atoms with E-state index in [9.17, 15) is 25.5 Å². The minimum absolute atomic E-state index is 0.101. The maximum absolute atomic E-state index is 16.0. The number of allylic oxidation sites excluding steroid dienone is 3. The maximum Gasteiger partial charge on any atom is 0.190 e. The summed E-state index contributed by atoms with van der Waals surface area (Å²) in [6, 6.07) is 0.128. The monoisotopic (exact) mass is 1140 g/mol. The van der Waals surface area contributed by atoms with Crippen molar-refractivity contribution in [3.05, 3.63) is 52.7 Å². The number of hydrogen-bond donors (Lipinski definition) is 9. The van der Waals surface area contributed by atoms with E-state index >= 15 is 9.90 Å². The molecule has 1 aromatic heterocycles. The van der Waals surface area contributed by atoms with Crippen molar-refractivity contribution in [3.8, 4) is 0 Å². The third kappa shape index (κ3) is 9.02. The van der Waals surface area contributed by atoms with Gasteiger partial charge in [-0.2, -0.15) is 0 Å². The molecule has 1 saturated heterocycles. The molecule has 15 heteroatoms. The molecule has 12 rings (SSSR count). The Morgan fingerprint density at radius 1 is 0.950 bits per heavy atom. The maximum atomic E-state index is 16.0. The van der Waals surface area contributed by atoms with Crippen LogP contribution in [0.15, 0.2) is 57.7 Å². The van der Waals surface area contributed by atoms with Gasteiger partial charge >= 0.3 is 0 Å². The van der Waals surface area contributed by atoms with Crippen LogP contribution in [-0.2, 0) is 4.79 Å². The van der Waals surface area contributed by atoms with E-state index in [-0.39, 0.29) is 77.8 Å². The first-order valence-corrected chi connectivity index (χ1v) is 34.4. The smallest absolute Gasteiger partial charge is 0.190 e. The van der Waals surface area contributed by atoms with Crippen molar-refractivity contribution >= 4 is 33.3 Å². The van der Waals surface area contributed by atoms with Crippen LogP contribution in [0.3, 0.4) is 0 Å². The zero-order valence-corrected chi connectivity index (χ0v) is 50.9. The number of guanidine groups is 1. The fourth-order valence-corrected chi connectivity index (χ4v) is 26.1. The van der Waals surface area contributed by atoms with Crippen LogP contribution in [0.5, 0.6) is 0 Å². The van der Waals surface area contributed by atoms with Crippen molar-refractivity contribution in [1.82, 2.24) is 20.2 Å². The van der Waals surface area contributed by atoms with Crippen molar-refractivity contribution in [2.24, 2.45) is 97.5 Å². The molecule has 2 spiro atoms. The normalized spacial score (nSPS) is 43.1. The molecule has 18 atom stereocenters. The number of imidazole rings is 1. The lowest BCUT2D eigenvalue weighted by Gasteiger charge is -2.66. The number of aliphatic imine (C=N–C) groups is 1. The molecule has 0 unspecified atom stereocenters. The number of nitrogens with zero attached hydrogens (tertiary/aromatic N) is 3. The average Bonchev–Trinajstić information content (AvgIpc) is 2.90. The van der Waals surface area contributed by atoms with Gasteiger partial charge in [-0.3, -0.25) is 9.79 Å². The Morgan fingerprint density at radius 2 is 1.69 bits per heavy atom. The predicted molar refractivity (Wildman–Crippen MR) is 319 cm³/mol. The number of aliphatic hydroxyl groups is 6. The first kappa shape index (κ1) is 58.2. The first-order valence-electron chi connectivity index (χ1n) is 32.1. The molecule has 1 aliphatic heterocycles. The lowest BCUT2D eigenvalue weighted by Crippen LogP contribution is -2.70. The summed E-state index contributed by atoms with van der Waals surface area (Å²) in [5, 5.41) is 84.1. The Bertz CT molecular complexity index is 2590. The number of hydrogen-bond acceptors (Lipinski definition) is 12. The second-order valence-electron chi connectivity index (χ2n) is 29.6. The van der Waals surface area contributed by atoms with E-state index in [0.29, 0.717) is 49.1 Å². The second kappa shape index (κ2) is 21.9. The van der Waals surface area contributed by atoms with Gasteiger partial charge in [-0.15, -0.1) is 0 Å². The molecule has 2 heterocycles. The van der Waals surface area contributed by atoms with Gasteiger partial charge in [0.2, 0.25) is 0 Å². The highest BCUT2D eigenvalue weighted by Crippen LogP contribution is 2.78. The average molecular weight is 1140 g/mol. The molecular formula is C65H100N6O7S2. The van der Waals surface area contributed by atoms with Crippen molar-refractivity contribution in [3.63, 3.8) is 0 Å². The predicted octanol–water partition coefficient (Wildman–Crippen LogP) is 9.44. The number of ketones is 1. The van der Waals surface area contributed by atoms with E-state index in [2.05, 4.69) is 54.1 Å². The third-order valence-electron chi connectivity index (χ3n) is 24.7. The number of carbonyl (C=O) groups excluding carboxylic acids is 1. The van der Waals surface area contributed by atoms with Crippen LogP contribution in [-0.4, -0.2) is 119 Å². The number of rotatable bonds is 11. The highest BCUT2D eigenvalue weighted by molar-refractivity contribution is 8.77. The number of nitrogens with one attached hydrogen (secondary N) is 2. The van der Waals surface area contributed by atoms with Gasteiger partial charge in [0.25, 0.3) is 0 Å². The van der Waals surface area contributed by atoms with E-state index in [1.807, 2.05) is 47.2 Å². The summed E-state index contributed by atoms with van der Waals surface area (Å²) >= 11 is 0. The van der Waals surface area contributed by atoms with Crippen LogP contribution >= 0.6 is 21.6 Å². The van der Waals surface area contributed by atoms with Crippen LogP contribution in [0.25, 0.3) is 0 Å². The summed E-state index contributed by atoms with van der Waals surface area (Å²) in [5.41, 5.74) is 10.1.